The Bertz CT molecular complexity index is 433. The van der Waals surface area contributed by atoms with E-state index < -0.39 is 16.9 Å². The van der Waals surface area contributed by atoms with E-state index in [0.29, 0.717) is 11.8 Å². The molecule has 1 heterocycles. The summed E-state index contributed by atoms with van der Waals surface area (Å²) in [4.78, 5) is 23.2. The third-order valence-electron chi connectivity index (χ3n) is 5.79. The molecule has 5 heteroatoms. The number of hydrogen-bond acceptors (Lipinski definition) is 4. The lowest BCUT2D eigenvalue weighted by Gasteiger charge is -2.60. The van der Waals surface area contributed by atoms with Gasteiger partial charge in [0.1, 0.15) is 0 Å². The number of carbonyl (C=O) groups is 2. The molecule has 0 N–H and O–H groups in total. The zero-order valence-electron chi connectivity index (χ0n) is 11.3. The molecule has 1 saturated heterocycles. The quantitative estimate of drug-likeness (QED) is 0.580. The molecule has 4 aliphatic carbocycles. The zero-order chi connectivity index (χ0) is 13.9. The molecule has 20 heavy (non-hydrogen) atoms. The minimum absolute atomic E-state index is 0.0110. The van der Waals surface area contributed by atoms with Gasteiger partial charge in [-0.3, -0.25) is 9.59 Å². The number of hydrogen-bond donors (Lipinski definition) is 0. The standard InChI is InChI=1S/C15H19ClO4/c16-13(17)6-10-7-19-15(20-14(10)18)11-2-8-1-9(4-11)5-12(15)3-8/h8-12H,1-7H2. The molecule has 0 aromatic heterocycles. The van der Waals surface area contributed by atoms with Crippen molar-refractivity contribution < 1.29 is 19.1 Å². The summed E-state index contributed by atoms with van der Waals surface area (Å²) >= 11 is 5.37. The van der Waals surface area contributed by atoms with Crippen molar-refractivity contribution in [1.29, 1.82) is 0 Å². The van der Waals surface area contributed by atoms with E-state index in [1.54, 1.807) is 0 Å². The smallest absolute Gasteiger partial charge is 0.314 e. The van der Waals surface area contributed by atoms with Gasteiger partial charge in [-0.15, -0.1) is 0 Å². The van der Waals surface area contributed by atoms with Crippen molar-refractivity contribution in [1.82, 2.24) is 0 Å². The lowest BCUT2D eigenvalue weighted by Crippen LogP contribution is -2.64. The predicted molar refractivity (Wildman–Crippen MR) is 70.8 cm³/mol. The van der Waals surface area contributed by atoms with Gasteiger partial charge >= 0.3 is 5.97 Å². The van der Waals surface area contributed by atoms with Gasteiger partial charge < -0.3 is 9.47 Å². The molecule has 5 fully saturated rings. The van der Waals surface area contributed by atoms with Crippen molar-refractivity contribution in [3.8, 4) is 0 Å². The van der Waals surface area contributed by atoms with E-state index in [4.69, 9.17) is 21.1 Å². The molecule has 0 aromatic rings. The first kappa shape index (κ1) is 13.1. The van der Waals surface area contributed by atoms with Crippen LogP contribution in [0.2, 0.25) is 0 Å². The lowest BCUT2D eigenvalue weighted by atomic mass is 9.53. The fourth-order valence-electron chi connectivity index (χ4n) is 5.15. The number of carbonyl (C=O) groups excluding carboxylic acids is 2. The third-order valence-corrected chi connectivity index (χ3v) is 5.94. The average molecular weight is 299 g/mol. The van der Waals surface area contributed by atoms with Gasteiger partial charge in [0.2, 0.25) is 11.0 Å². The summed E-state index contributed by atoms with van der Waals surface area (Å²) in [5.74, 6) is 0.808. The summed E-state index contributed by atoms with van der Waals surface area (Å²) < 4.78 is 11.9. The molecule has 0 amide bonds. The van der Waals surface area contributed by atoms with Crippen molar-refractivity contribution >= 4 is 22.8 Å². The molecule has 5 aliphatic rings. The van der Waals surface area contributed by atoms with Crippen LogP contribution in [-0.4, -0.2) is 23.6 Å². The van der Waals surface area contributed by atoms with Crippen molar-refractivity contribution in [3.05, 3.63) is 0 Å². The SMILES string of the molecule is O=C(Cl)CC1COC2(OC1=O)C1CC3CC(C1)CC2C3. The first-order valence-electron chi connectivity index (χ1n) is 7.62. The topological polar surface area (TPSA) is 52.6 Å². The Morgan fingerprint density at radius 2 is 1.75 bits per heavy atom. The van der Waals surface area contributed by atoms with Crippen molar-refractivity contribution in [3.63, 3.8) is 0 Å². The van der Waals surface area contributed by atoms with Crippen LogP contribution in [0.4, 0.5) is 0 Å². The van der Waals surface area contributed by atoms with Crippen LogP contribution in [0, 0.1) is 29.6 Å². The van der Waals surface area contributed by atoms with Crippen LogP contribution >= 0.6 is 11.6 Å². The van der Waals surface area contributed by atoms with E-state index in [1.807, 2.05) is 0 Å². The Labute approximate surface area is 123 Å². The summed E-state index contributed by atoms with van der Waals surface area (Å²) in [6, 6.07) is 0. The minimum Gasteiger partial charge on any atom is -0.432 e. The van der Waals surface area contributed by atoms with Crippen LogP contribution in [0.3, 0.4) is 0 Å². The molecule has 1 atom stereocenters. The van der Waals surface area contributed by atoms with Crippen LogP contribution < -0.4 is 0 Å². The largest absolute Gasteiger partial charge is 0.432 e. The number of rotatable bonds is 2. The van der Waals surface area contributed by atoms with Crippen LogP contribution in [0.15, 0.2) is 0 Å². The molecule has 1 aliphatic heterocycles. The van der Waals surface area contributed by atoms with Gasteiger partial charge in [0.05, 0.1) is 12.5 Å². The fraction of sp³-hybridized carbons (Fsp3) is 0.867. The van der Waals surface area contributed by atoms with Crippen LogP contribution in [-0.2, 0) is 19.1 Å². The molecule has 1 spiro atoms. The second-order valence-electron chi connectivity index (χ2n) is 7.01. The zero-order valence-corrected chi connectivity index (χ0v) is 12.1. The normalized spacial score (nSPS) is 49.5. The molecular weight excluding hydrogens is 280 g/mol. The third kappa shape index (κ3) is 1.84. The lowest BCUT2D eigenvalue weighted by molar-refractivity contribution is -0.344. The number of esters is 1. The maximum atomic E-state index is 12.2. The maximum Gasteiger partial charge on any atom is 0.314 e. The highest BCUT2D eigenvalue weighted by Gasteiger charge is 2.62. The van der Waals surface area contributed by atoms with Gasteiger partial charge in [-0.2, -0.15) is 0 Å². The second-order valence-corrected chi connectivity index (χ2v) is 7.44. The first-order chi connectivity index (χ1) is 9.57. The Balaban J connectivity index is 1.55. The molecular formula is C15H19ClO4. The molecule has 5 rings (SSSR count). The highest BCUT2D eigenvalue weighted by Crippen LogP contribution is 2.60. The average Bonchev–Trinajstić information content (AvgIpc) is 2.38. The number of ether oxygens (including phenoxy) is 2. The van der Waals surface area contributed by atoms with Crippen LogP contribution in [0.5, 0.6) is 0 Å². The molecule has 110 valence electrons. The highest BCUT2D eigenvalue weighted by molar-refractivity contribution is 6.63. The van der Waals surface area contributed by atoms with E-state index in [1.165, 1.54) is 6.42 Å². The van der Waals surface area contributed by atoms with Gasteiger partial charge in [0.15, 0.2) is 0 Å². The van der Waals surface area contributed by atoms with E-state index in [0.717, 1.165) is 37.5 Å². The first-order valence-corrected chi connectivity index (χ1v) is 7.99. The van der Waals surface area contributed by atoms with E-state index >= 15 is 0 Å². The summed E-state index contributed by atoms with van der Waals surface area (Å²) in [6.45, 7) is 0.277. The predicted octanol–water partition coefficient (Wildman–Crippen LogP) is 2.48. The second kappa shape index (κ2) is 4.44. The van der Waals surface area contributed by atoms with E-state index in [9.17, 15) is 9.59 Å². The van der Waals surface area contributed by atoms with Crippen LogP contribution in [0.25, 0.3) is 0 Å². The molecule has 4 bridgehead atoms. The molecule has 0 aromatic carbocycles. The van der Waals surface area contributed by atoms with E-state index in [-0.39, 0.29) is 19.0 Å². The van der Waals surface area contributed by atoms with Crippen molar-refractivity contribution in [2.24, 2.45) is 29.6 Å². The Morgan fingerprint density at radius 3 is 2.25 bits per heavy atom. The molecule has 0 radical (unpaired) electrons. The Morgan fingerprint density at radius 1 is 1.15 bits per heavy atom. The van der Waals surface area contributed by atoms with Gasteiger partial charge in [-0.25, -0.2) is 0 Å². The molecule has 4 saturated carbocycles. The Kier molecular flexibility index (Phi) is 2.90. The fourth-order valence-corrected chi connectivity index (χ4v) is 5.33. The van der Waals surface area contributed by atoms with Gasteiger partial charge in [-0.1, -0.05) is 0 Å². The van der Waals surface area contributed by atoms with Gasteiger partial charge in [0, 0.05) is 18.3 Å². The summed E-state index contributed by atoms with van der Waals surface area (Å²) in [7, 11) is 0. The molecule has 1 unspecified atom stereocenters. The van der Waals surface area contributed by atoms with Gasteiger partial charge in [-0.05, 0) is 55.5 Å². The maximum absolute atomic E-state index is 12.2. The number of halogens is 1. The van der Waals surface area contributed by atoms with Crippen molar-refractivity contribution in [2.75, 3.05) is 6.61 Å². The summed E-state index contributed by atoms with van der Waals surface area (Å²) in [5, 5.41) is -0.503. The Hall–Kier alpha value is -0.610. The van der Waals surface area contributed by atoms with Gasteiger partial charge in [0.25, 0.3) is 0 Å². The van der Waals surface area contributed by atoms with Crippen LogP contribution in [0.1, 0.15) is 38.5 Å². The van der Waals surface area contributed by atoms with E-state index in [2.05, 4.69) is 0 Å². The molecule has 4 nitrogen and oxygen atoms in total. The summed E-state index contributed by atoms with van der Waals surface area (Å²) in [6.07, 6.45) is 5.86. The van der Waals surface area contributed by atoms with Crippen molar-refractivity contribution in [2.45, 2.75) is 44.3 Å². The highest BCUT2D eigenvalue weighted by atomic mass is 35.5. The summed E-state index contributed by atoms with van der Waals surface area (Å²) in [5.41, 5.74) is 0. The minimum atomic E-state index is -0.684. The monoisotopic (exact) mass is 298 g/mol.